The molecule has 0 heterocycles. The van der Waals surface area contributed by atoms with Crippen molar-refractivity contribution in [2.45, 2.75) is 50.7 Å². The molecule has 2 fully saturated rings. The van der Waals surface area contributed by atoms with E-state index in [0.29, 0.717) is 18.8 Å². The normalized spacial score (nSPS) is 34.9. The molecular formula is C10H16FNO. The highest BCUT2D eigenvalue weighted by Gasteiger charge is 2.47. The first-order valence-corrected chi connectivity index (χ1v) is 5.15. The minimum Gasteiger partial charge on any atom is -0.350 e. The van der Waals surface area contributed by atoms with Crippen LogP contribution in [0.1, 0.15) is 39.0 Å². The van der Waals surface area contributed by atoms with Crippen molar-refractivity contribution >= 4 is 5.91 Å². The molecule has 0 saturated heterocycles. The standard InChI is InChI=1S/C10H16FNO/c1-2-7-6-8(7)12-9(13)10(11)4-3-5-10/h7-8H,2-6H2,1H3,(H,12,13)/t7-,8-/m1/s1. The van der Waals surface area contributed by atoms with Gasteiger partial charge in [-0.15, -0.1) is 0 Å². The molecule has 2 saturated carbocycles. The number of hydrogen-bond donors (Lipinski definition) is 1. The second-order valence-corrected chi connectivity index (χ2v) is 4.30. The quantitative estimate of drug-likeness (QED) is 0.713. The van der Waals surface area contributed by atoms with Gasteiger partial charge < -0.3 is 5.32 Å². The van der Waals surface area contributed by atoms with Gasteiger partial charge in [-0.1, -0.05) is 13.3 Å². The molecule has 0 aliphatic heterocycles. The van der Waals surface area contributed by atoms with Crippen LogP contribution >= 0.6 is 0 Å². The third-order valence-corrected chi connectivity index (χ3v) is 3.32. The van der Waals surface area contributed by atoms with Crippen LogP contribution in [0.5, 0.6) is 0 Å². The van der Waals surface area contributed by atoms with Crippen LogP contribution < -0.4 is 5.32 Å². The van der Waals surface area contributed by atoms with Crippen molar-refractivity contribution in [2.75, 3.05) is 0 Å². The van der Waals surface area contributed by atoms with E-state index in [1.165, 1.54) is 0 Å². The zero-order chi connectivity index (χ0) is 9.47. The average molecular weight is 185 g/mol. The number of halogens is 1. The van der Waals surface area contributed by atoms with Crippen LogP contribution in [0.2, 0.25) is 0 Å². The van der Waals surface area contributed by atoms with Crippen LogP contribution in [0, 0.1) is 5.92 Å². The second-order valence-electron chi connectivity index (χ2n) is 4.30. The molecule has 0 aromatic carbocycles. The van der Waals surface area contributed by atoms with Gasteiger partial charge in [0.25, 0.3) is 5.91 Å². The average Bonchev–Trinajstić information content (AvgIpc) is 2.79. The van der Waals surface area contributed by atoms with Crippen LogP contribution in [0.3, 0.4) is 0 Å². The van der Waals surface area contributed by atoms with E-state index < -0.39 is 5.67 Å². The number of nitrogens with one attached hydrogen (secondary N) is 1. The molecule has 2 nitrogen and oxygen atoms in total. The van der Waals surface area contributed by atoms with Gasteiger partial charge in [-0.05, 0) is 31.6 Å². The molecule has 13 heavy (non-hydrogen) atoms. The number of carbonyl (C=O) groups is 1. The summed E-state index contributed by atoms with van der Waals surface area (Å²) in [6, 6.07) is 0.269. The van der Waals surface area contributed by atoms with Crippen LogP contribution in [0.15, 0.2) is 0 Å². The summed E-state index contributed by atoms with van der Waals surface area (Å²) in [6.45, 7) is 2.10. The van der Waals surface area contributed by atoms with Crippen molar-refractivity contribution in [3.63, 3.8) is 0 Å². The summed E-state index contributed by atoms with van der Waals surface area (Å²) in [5.74, 6) is 0.243. The lowest BCUT2D eigenvalue weighted by atomic mass is 9.81. The maximum absolute atomic E-state index is 13.5. The topological polar surface area (TPSA) is 29.1 Å². The minimum atomic E-state index is -1.51. The lowest BCUT2D eigenvalue weighted by Gasteiger charge is -2.32. The number of carbonyl (C=O) groups excluding carboxylic acids is 1. The monoisotopic (exact) mass is 185 g/mol. The van der Waals surface area contributed by atoms with E-state index in [0.717, 1.165) is 19.3 Å². The predicted octanol–water partition coefficient (Wildman–Crippen LogP) is 1.79. The second kappa shape index (κ2) is 2.96. The third kappa shape index (κ3) is 1.56. The Bertz CT molecular complexity index is 225. The molecule has 1 amide bonds. The lowest BCUT2D eigenvalue weighted by Crippen LogP contribution is -2.49. The number of alkyl halides is 1. The molecule has 0 bridgehead atoms. The Labute approximate surface area is 77.9 Å². The molecule has 2 rings (SSSR count). The van der Waals surface area contributed by atoms with Gasteiger partial charge in [-0.25, -0.2) is 4.39 Å². The highest BCUT2D eigenvalue weighted by molar-refractivity contribution is 5.86. The fraction of sp³-hybridized carbons (Fsp3) is 0.900. The van der Waals surface area contributed by atoms with Crippen LogP contribution in [-0.4, -0.2) is 17.6 Å². The highest BCUT2D eigenvalue weighted by Crippen LogP contribution is 2.38. The molecule has 0 radical (unpaired) electrons. The smallest absolute Gasteiger partial charge is 0.257 e. The SMILES string of the molecule is CC[C@@H]1C[C@H]1NC(=O)C1(F)CCC1. The number of hydrogen-bond acceptors (Lipinski definition) is 1. The van der Waals surface area contributed by atoms with E-state index in [1.54, 1.807) is 0 Å². The van der Waals surface area contributed by atoms with Crippen molar-refractivity contribution in [2.24, 2.45) is 5.92 Å². The van der Waals surface area contributed by atoms with Gasteiger partial charge in [0.15, 0.2) is 5.67 Å². The molecule has 3 heteroatoms. The Morgan fingerprint density at radius 1 is 1.62 bits per heavy atom. The summed E-state index contributed by atoms with van der Waals surface area (Å²) >= 11 is 0. The molecular weight excluding hydrogens is 169 g/mol. The Balaban J connectivity index is 1.79. The van der Waals surface area contributed by atoms with Gasteiger partial charge in [-0.2, -0.15) is 0 Å². The maximum atomic E-state index is 13.5. The van der Waals surface area contributed by atoms with Crippen LogP contribution in [0.4, 0.5) is 4.39 Å². The van der Waals surface area contributed by atoms with Crippen molar-refractivity contribution in [1.82, 2.24) is 5.32 Å². The molecule has 0 aromatic heterocycles. The molecule has 2 aliphatic rings. The Hall–Kier alpha value is -0.600. The van der Waals surface area contributed by atoms with Gasteiger partial charge in [0.1, 0.15) is 0 Å². The summed E-state index contributed by atoms with van der Waals surface area (Å²) in [4.78, 5) is 11.4. The van der Waals surface area contributed by atoms with E-state index in [9.17, 15) is 9.18 Å². The molecule has 1 N–H and O–H groups in total. The van der Waals surface area contributed by atoms with Crippen molar-refractivity contribution in [3.05, 3.63) is 0 Å². The number of amides is 1. The van der Waals surface area contributed by atoms with Gasteiger partial charge in [-0.3, -0.25) is 4.79 Å². The van der Waals surface area contributed by atoms with E-state index in [4.69, 9.17) is 0 Å². The largest absolute Gasteiger partial charge is 0.350 e. The third-order valence-electron chi connectivity index (χ3n) is 3.32. The fourth-order valence-corrected chi connectivity index (χ4v) is 1.89. The number of rotatable bonds is 3. The molecule has 2 atom stereocenters. The highest BCUT2D eigenvalue weighted by atomic mass is 19.1. The molecule has 0 spiro atoms. The summed E-state index contributed by atoms with van der Waals surface area (Å²) in [7, 11) is 0. The Morgan fingerprint density at radius 3 is 2.69 bits per heavy atom. The summed E-state index contributed by atoms with van der Waals surface area (Å²) in [6.07, 6.45) is 3.82. The van der Waals surface area contributed by atoms with E-state index in [-0.39, 0.29) is 11.9 Å². The van der Waals surface area contributed by atoms with Gasteiger partial charge >= 0.3 is 0 Å². The van der Waals surface area contributed by atoms with E-state index in [2.05, 4.69) is 12.2 Å². The lowest BCUT2D eigenvalue weighted by molar-refractivity contribution is -0.138. The van der Waals surface area contributed by atoms with Crippen molar-refractivity contribution < 1.29 is 9.18 Å². The molecule has 0 aromatic rings. The van der Waals surface area contributed by atoms with Crippen LogP contribution in [0.25, 0.3) is 0 Å². The zero-order valence-corrected chi connectivity index (χ0v) is 7.98. The Morgan fingerprint density at radius 2 is 2.31 bits per heavy atom. The summed E-state index contributed by atoms with van der Waals surface area (Å²) in [5, 5.41) is 2.78. The summed E-state index contributed by atoms with van der Waals surface area (Å²) < 4.78 is 13.5. The maximum Gasteiger partial charge on any atom is 0.257 e. The van der Waals surface area contributed by atoms with Crippen molar-refractivity contribution in [1.29, 1.82) is 0 Å². The van der Waals surface area contributed by atoms with E-state index >= 15 is 0 Å². The van der Waals surface area contributed by atoms with Gasteiger partial charge in [0, 0.05) is 6.04 Å². The minimum absolute atomic E-state index is 0.269. The molecule has 0 unspecified atom stereocenters. The summed E-state index contributed by atoms with van der Waals surface area (Å²) in [5.41, 5.74) is -1.51. The first-order valence-electron chi connectivity index (χ1n) is 5.15. The van der Waals surface area contributed by atoms with Crippen molar-refractivity contribution in [3.8, 4) is 0 Å². The first kappa shape index (κ1) is 8.97. The Kier molecular flexibility index (Phi) is 2.05. The zero-order valence-electron chi connectivity index (χ0n) is 7.98. The fourth-order valence-electron chi connectivity index (χ4n) is 1.89. The van der Waals surface area contributed by atoms with Crippen LogP contribution in [-0.2, 0) is 4.79 Å². The molecule has 74 valence electrons. The van der Waals surface area contributed by atoms with E-state index in [1.807, 2.05) is 0 Å². The predicted molar refractivity (Wildman–Crippen MR) is 48.0 cm³/mol. The van der Waals surface area contributed by atoms with Gasteiger partial charge in [0.05, 0.1) is 0 Å². The molecule has 2 aliphatic carbocycles. The van der Waals surface area contributed by atoms with Gasteiger partial charge in [0.2, 0.25) is 0 Å². The first-order chi connectivity index (χ1) is 6.15.